The number of anilines is 2. The number of pyridine rings is 1. The predicted octanol–water partition coefficient (Wildman–Crippen LogP) is 7.05. The minimum atomic E-state index is -4.81. The quantitative estimate of drug-likeness (QED) is 0.199. The van der Waals surface area contributed by atoms with Crippen molar-refractivity contribution in [2.75, 3.05) is 22.9 Å². The standard InChI is InChI=1S/C43H52F3N9O4S/c1-25-18-28(19-26(2)53(25)24-32(56)20-29-10-7-11-33-37(29)51(5)50-38(33)52-17-16-36(57)49-40(52)59)9-6-8-27-12-14-30(15-13-27)55-41(60)54(39(58)42(55,3)4)31-21-34(43(44,45)46)35(22-47)48-23-31/h7,10-11,21,23,25-28,30H,6,8-9,12-20,24H2,1-5H3,(H,49,57,59)/t25-,26+,27?,28?,30?. The molecule has 4 aliphatic rings. The van der Waals surface area contributed by atoms with Crippen molar-refractivity contribution in [2.24, 2.45) is 18.9 Å². The second kappa shape index (κ2) is 16.8. The smallest absolute Gasteiger partial charge is 0.331 e. The van der Waals surface area contributed by atoms with Gasteiger partial charge in [0.05, 0.1) is 29.5 Å². The van der Waals surface area contributed by atoms with Gasteiger partial charge in [0.25, 0.3) is 5.91 Å². The number of carbonyl (C=O) groups is 4. The summed E-state index contributed by atoms with van der Waals surface area (Å²) in [6.07, 6.45) is 5.71. The summed E-state index contributed by atoms with van der Waals surface area (Å²) in [5, 5.41) is 17.1. The van der Waals surface area contributed by atoms with E-state index >= 15 is 0 Å². The summed E-state index contributed by atoms with van der Waals surface area (Å²) < 4.78 is 42.9. The van der Waals surface area contributed by atoms with Gasteiger partial charge in [0, 0.05) is 49.9 Å². The fraction of sp³-hybridized carbons (Fsp3) is 0.581. The summed E-state index contributed by atoms with van der Waals surface area (Å²) in [7, 11) is 1.80. The lowest BCUT2D eigenvalue weighted by atomic mass is 9.79. The maximum atomic E-state index is 13.7. The van der Waals surface area contributed by atoms with Crippen LogP contribution in [0.4, 0.5) is 29.5 Å². The first-order valence-corrected chi connectivity index (χ1v) is 21.3. The first kappa shape index (κ1) is 43.1. The molecule has 0 bridgehead atoms. The monoisotopic (exact) mass is 847 g/mol. The van der Waals surface area contributed by atoms with Gasteiger partial charge >= 0.3 is 12.2 Å². The minimum Gasteiger partial charge on any atom is -0.331 e. The summed E-state index contributed by atoms with van der Waals surface area (Å²) >= 11 is 5.76. The number of para-hydroxylation sites is 1. The second-order valence-corrected chi connectivity index (χ2v) is 18.0. The first-order valence-electron chi connectivity index (χ1n) is 20.9. The normalized spacial score (nSPS) is 25.2. The molecule has 1 saturated carbocycles. The summed E-state index contributed by atoms with van der Waals surface area (Å²) in [6, 6.07) is 7.96. The number of halogens is 3. The Bertz CT molecular complexity index is 2230. The molecule has 0 spiro atoms. The molecule has 5 heterocycles. The topological polar surface area (TPSA) is 148 Å². The van der Waals surface area contributed by atoms with Gasteiger partial charge in [-0.1, -0.05) is 31.4 Å². The number of alkyl halides is 3. The third-order valence-electron chi connectivity index (χ3n) is 13.1. The van der Waals surface area contributed by atoms with Gasteiger partial charge in [0.1, 0.15) is 11.6 Å². The lowest BCUT2D eigenvalue weighted by molar-refractivity contribution is -0.138. The lowest BCUT2D eigenvalue weighted by Gasteiger charge is -2.43. The molecule has 17 heteroatoms. The number of nitrogens with one attached hydrogen (secondary N) is 1. The molecule has 4 fully saturated rings. The van der Waals surface area contributed by atoms with Crippen LogP contribution < -0.4 is 15.1 Å². The number of carbonyl (C=O) groups excluding carboxylic acids is 4. The van der Waals surface area contributed by atoms with Gasteiger partial charge in [-0.2, -0.15) is 23.5 Å². The molecular formula is C43H52F3N9O4S. The van der Waals surface area contributed by atoms with Gasteiger partial charge in [-0.15, -0.1) is 0 Å². The number of likely N-dealkylation sites (tertiary alicyclic amines) is 1. The SMILES string of the molecule is C[C@@H]1CC(CCCC2CCC(N3C(=S)N(c4cnc(C#N)c(C(F)(F)F)c4)C(=O)C3(C)C)CC2)C[C@H](C)N1CC(=O)Cc1cccc2c(N3CCC(=O)NC3=O)nn(C)c12. The van der Waals surface area contributed by atoms with Crippen LogP contribution in [0.3, 0.4) is 0 Å². The van der Waals surface area contributed by atoms with Crippen molar-refractivity contribution in [3.63, 3.8) is 0 Å². The molecule has 3 atom stereocenters. The highest BCUT2D eigenvalue weighted by Crippen LogP contribution is 2.42. The minimum absolute atomic E-state index is 0.0229. The number of piperidine rings is 1. The summed E-state index contributed by atoms with van der Waals surface area (Å²) in [5.74, 6) is 0.969. The van der Waals surface area contributed by atoms with Crippen LogP contribution in [0.1, 0.15) is 109 Å². The molecule has 1 N–H and O–H groups in total. The average molecular weight is 848 g/mol. The van der Waals surface area contributed by atoms with Crippen LogP contribution in [0.25, 0.3) is 10.9 Å². The van der Waals surface area contributed by atoms with Gasteiger partial charge in [0.2, 0.25) is 5.91 Å². The van der Waals surface area contributed by atoms with Gasteiger partial charge < -0.3 is 4.90 Å². The molecule has 1 aromatic carbocycles. The van der Waals surface area contributed by atoms with Crippen molar-refractivity contribution in [3.8, 4) is 6.07 Å². The third-order valence-corrected chi connectivity index (χ3v) is 13.5. The van der Waals surface area contributed by atoms with E-state index in [0.717, 1.165) is 91.4 Å². The number of nitriles is 1. The number of amides is 4. The fourth-order valence-corrected chi connectivity index (χ4v) is 10.8. The maximum Gasteiger partial charge on any atom is 0.419 e. The number of Topliss-reactive ketones (excluding diaryl/α,β-unsaturated/α-hetero) is 1. The third kappa shape index (κ3) is 8.37. The Morgan fingerprint density at radius 2 is 1.73 bits per heavy atom. The molecule has 4 amide bonds. The molecule has 3 aliphatic heterocycles. The van der Waals surface area contributed by atoms with Gasteiger partial charge in [-0.3, -0.25) is 39.1 Å². The molecule has 1 aliphatic carbocycles. The number of imide groups is 1. The van der Waals surface area contributed by atoms with Crippen molar-refractivity contribution in [1.82, 2.24) is 29.9 Å². The number of rotatable bonds is 11. The molecule has 1 unspecified atom stereocenters. The maximum absolute atomic E-state index is 13.7. The molecule has 3 aromatic rings. The Balaban J connectivity index is 0.884. The highest BCUT2D eigenvalue weighted by Gasteiger charge is 2.53. The van der Waals surface area contributed by atoms with Crippen LogP contribution in [0, 0.1) is 23.2 Å². The molecule has 2 aromatic heterocycles. The van der Waals surface area contributed by atoms with Gasteiger partial charge in [-0.05, 0) is 108 Å². The number of benzene rings is 1. The zero-order valence-electron chi connectivity index (χ0n) is 34.7. The molecule has 320 valence electrons. The van der Waals surface area contributed by atoms with Crippen LogP contribution in [0.2, 0.25) is 0 Å². The van der Waals surface area contributed by atoms with E-state index in [-0.39, 0.29) is 60.0 Å². The zero-order valence-corrected chi connectivity index (χ0v) is 35.5. The summed E-state index contributed by atoms with van der Waals surface area (Å²) in [5.41, 5.74) is -1.45. The zero-order chi connectivity index (χ0) is 43.3. The fourth-order valence-electron chi connectivity index (χ4n) is 10.2. The van der Waals surface area contributed by atoms with Crippen LogP contribution in [0.15, 0.2) is 30.5 Å². The number of aromatic nitrogens is 3. The van der Waals surface area contributed by atoms with Crippen molar-refractivity contribution >= 4 is 63.4 Å². The Morgan fingerprint density at radius 3 is 2.38 bits per heavy atom. The highest BCUT2D eigenvalue weighted by atomic mass is 32.1. The molecular weight excluding hydrogens is 796 g/mol. The Labute approximate surface area is 353 Å². The van der Waals surface area contributed by atoms with Gasteiger partial charge in [0.15, 0.2) is 22.4 Å². The number of nitrogens with zero attached hydrogens (tertiary/aromatic N) is 8. The second-order valence-electron chi connectivity index (χ2n) is 17.6. The van der Waals surface area contributed by atoms with Crippen molar-refractivity contribution in [2.45, 2.75) is 128 Å². The van der Waals surface area contributed by atoms with Crippen LogP contribution >= 0.6 is 12.2 Å². The van der Waals surface area contributed by atoms with Crippen molar-refractivity contribution < 1.29 is 32.3 Å². The first-order chi connectivity index (χ1) is 28.4. The van der Waals surface area contributed by atoms with Crippen molar-refractivity contribution in [3.05, 3.63) is 47.3 Å². The number of hydrogen-bond acceptors (Lipinski definition) is 9. The Morgan fingerprint density at radius 1 is 1.05 bits per heavy atom. The van der Waals surface area contributed by atoms with Crippen LogP contribution in [-0.2, 0) is 34.0 Å². The van der Waals surface area contributed by atoms with Crippen molar-refractivity contribution in [1.29, 1.82) is 5.26 Å². The Kier molecular flexibility index (Phi) is 12.1. The van der Waals surface area contributed by atoms with E-state index in [4.69, 9.17) is 12.2 Å². The average Bonchev–Trinajstić information content (AvgIpc) is 3.61. The number of hydrogen-bond donors (Lipinski definition) is 1. The molecule has 60 heavy (non-hydrogen) atoms. The number of thiocarbonyl (C=S) groups is 1. The summed E-state index contributed by atoms with van der Waals surface area (Å²) in [4.78, 5) is 62.1. The lowest BCUT2D eigenvalue weighted by Crippen LogP contribution is -2.51. The van der Waals surface area contributed by atoms with E-state index < -0.39 is 34.9 Å². The van der Waals surface area contributed by atoms with E-state index in [9.17, 15) is 37.6 Å². The van der Waals surface area contributed by atoms with Gasteiger partial charge in [-0.25, -0.2) is 9.78 Å². The number of urea groups is 1. The van der Waals surface area contributed by atoms with E-state index in [0.29, 0.717) is 24.2 Å². The largest absolute Gasteiger partial charge is 0.419 e. The van der Waals surface area contributed by atoms with E-state index in [1.165, 1.54) is 11.0 Å². The number of fused-ring (bicyclic) bond motifs is 1. The molecule has 3 saturated heterocycles. The number of aryl methyl sites for hydroxylation is 1. The molecule has 0 radical (unpaired) electrons. The number of ketones is 1. The Hall–Kier alpha value is -4.95. The highest BCUT2D eigenvalue weighted by molar-refractivity contribution is 7.80. The predicted molar refractivity (Wildman–Crippen MR) is 223 cm³/mol. The molecule has 13 nitrogen and oxygen atoms in total. The van der Waals surface area contributed by atoms with Crippen LogP contribution in [0.5, 0.6) is 0 Å². The van der Waals surface area contributed by atoms with E-state index in [1.807, 2.05) is 23.1 Å². The van der Waals surface area contributed by atoms with E-state index in [1.54, 1.807) is 25.6 Å². The van der Waals surface area contributed by atoms with E-state index in [2.05, 4.69) is 34.1 Å². The van der Waals surface area contributed by atoms with Crippen LogP contribution in [-0.4, -0.2) is 90.1 Å². The summed E-state index contributed by atoms with van der Waals surface area (Å²) in [6.45, 7) is 8.53. The molecule has 7 rings (SSSR count).